The Hall–Kier alpha value is -1.55. The van der Waals surface area contributed by atoms with Crippen molar-refractivity contribution in [3.05, 3.63) is 34.3 Å². The topological polar surface area (TPSA) is 66.4 Å². The third-order valence-electron chi connectivity index (χ3n) is 2.68. The molecule has 1 aromatic carbocycles. The summed E-state index contributed by atoms with van der Waals surface area (Å²) in [5.41, 5.74) is 1.24. The van der Waals surface area contributed by atoms with E-state index < -0.39 is 17.9 Å². The molecule has 1 amide bonds. The molecular weight excluding hydrogens is 266 g/mol. The van der Waals surface area contributed by atoms with Gasteiger partial charge in [0.05, 0.1) is 10.6 Å². The van der Waals surface area contributed by atoms with Crippen LogP contribution in [0, 0.1) is 12.8 Å². The normalized spacial score (nSPS) is 12.3. The number of carbonyl (C=O) groups excluding carboxylic acids is 1. The van der Waals surface area contributed by atoms with Crippen LogP contribution in [0.5, 0.6) is 0 Å². The fourth-order valence-corrected chi connectivity index (χ4v) is 2.05. The maximum atomic E-state index is 12.0. The van der Waals surface area contributed by atoms with Gasteiger partial charge in [-0.15, -0.1) is 0 Å². The predicted molar refractivity (Wildman–Crippen MR) is 74.5 cm³/mol. The first-order valence-corrected chi connectivity index (χ1v) is 6.49. The van der Waals surface area contributed by atoms with Crippen molar-refractivity contribution in [2.24, 2.45) is 5.92 Å². The second kappa shape index (κ2) is 6.57. The molecule has 0 spiro atoms. The Labute approximate surface area is 117 Å². The lowest BCUT2D eigenvalue weighted by Crippen LogP contribution is -2.41. The minimum atomic E-state index is -1.04. The number of carboxylic acid groups (broad SMARTS) is 1. The van der Waals surface area contributed by atoms with Crippen molar-refractivity contribution in [2.45, 2.75) is 33.2 Å². The van der Waals surface area contributed by atoms with E-state index in [0.717, 1.165) is 5.56 Å². The summed E-state index contributed by atoms with van der Waals surface area (Å²) in [6, 6.07) is 4.14. The van der Waals surface area contributed by atoms with Crippen molar-refractivity contribution in [1.29, 1.82) is 0 Å². The van der Waals surface area contributed by atoms with Gasteiger partial charge in [-0.25, -0.2) is 4.79 Å². The van der Waals surface area contributed by atoms with Crippen LogP contribution in [0.4, 0.5) is 0 Å². The van der Waals surface area contributed by atoms with Crippen LogP contribution in [0.15, 0.2) is 18.2 Å². The number of carbonyl (C=O) groups is 2. The summed E-state index contributed by atoms with van der Waals surface area (Å²) < 4.78 is 0. The molecule has 19 heavy (non-hydrogen) atoms. The quantitative estimate of drug-likeness (QED) is 0.873. The van der Waals surface area contributed by atoms with Gasteiger partial charge in [0.1, 0.15) is 6.04 Å². The number of halogens is 1. The Morgan fingerprint density at radius 3 is 2.47 bits per heavy atom. The van der Waals surface area contributed by atoms with Crippen molar-refractivity contribution in [3.8, 4) is 0 Å². The first-order chi connectivity index (χ1) is 8.81. The lowest BCUT2D eigenvalue weighted by molar-refractivity contribution is -0.139. The fraction of sp³-hybridized carbons (Fsp3) is 0.429. The van der Waals surface area contributed by atoms with Crippen molar-refractivity contribution in [3.63, 3.8) is 0 Å². The highest BCUT2D eigenvalue weighted by atomic mass is 35.5. The monoisotopic (exact) mass is 283 g/mol. The first kappa shape index (κ1) is 15.5. The van der Waals surface area contributed by atoms with Gasteiger partial charge in [-0.05, 0) is 37.0 Å². The number of rotatable bonds is 5. The largest absolute Gasteiger partial charge is 0.480 e. The Bertz CT molecular complexity index is 486. The average molecular weight is 284 g/mol. The summed E-state index contributed by atoms with van der Waals surface area (Å²) in [4.78, 5) is 23.1. The Morgan fingerprint density at radius 2 is 2.00 bits per heavy atom. The van der Waals surface area contributed by atoms with Crippen molar-refractivity contribution >= 4 is 23.5 Å². The van der Waals surface area contributed by atoms with E-state index >= 15 is 0 Å². The standard InChI is InChI=1S/C14H18ClNO3/c1-8(2)6-12(14(18)19)16-13(17)10-5-4-9(3)7-11(10)15/h4-5,7-8,12H,6H2,1-3H3,(H,16,17)(H,18,19). The SMILES string of the molecule is Cc1ccc(C(=O)NC(CC(C)C)C(=O)O)c(Cl)c1. The number of carboxylic acids is 1. The number of aryl methyl sites for hydroxylation is 1. The predicted octanol–water partition coefficient (Wildman–Crippen LogP) is 2.88. The highest BCUT2D eigenvalue weighted by Crippen LogP contribution is 2.18. The molecule has 0 aliphatic heterocycles. The highest BCUT2D eigenvalue weighted by molar-refractivity contribution is 6.33. The third kappa shape index (κ3) is 4.56. The summed E-state index contributed by atoms with van der Waals surface area (Å²) in [6.07, 6.45) is 0.380. The molecule has 1 atom stereocenters. The zero-order valence-corrected chi connectivity index (χ0v) is 12.0. The van der Waals surface area contributed by atoms with Crippen molar-refractivity contribution in [2.75, 3.05) is 0 Å². The smallest absolute Gasteiger partial charge is 0.326 e. The molecule has 0 aliphatic carbocycles. The number of aliphatic carboxylic acids is 1. The van der Waals surface area contributed by atoms with E-state index in [-0.39, 0.29) is 5.92 Å². The molecule has 0 saturated carbocycles. The van der Waals surface area contributed by atoms with E-state index in [4.69, 9.17) is 16.7 Å². The summed E-state index contributed by atoms with van der Waals surface area (Å²) in [7, 11) is 0. The average Bonchev–Trinajstić information content (AvgIpc) is 2.26. The van der Waals surface area contributed by atoms with Gasteiger partial charge in [-0.3, -0.25) is 4.79 Å². The lowest BCUT2D eigenvalue weighted by atomic mass is 10.0. The summed E-state index contributed by atoms with van der Waals surface area (Å²) >= 11 is 5.98. The molecular formula is C14H18ClNO3. The molecule has 0 aliphatic rings. The molecule has 0 bridgehead atoms. The van der Waals surface area contributed by atoms with Crippen LogP contribution in [0.2, 0.25) is 5.02 Å². The van der Waals surface area contributed by atoms with Gasteiger partial charge in [-0.1, -0.05) is 31.5 Å². The van der Waals surface area contributed by atoms with Crippen LogP contribution < -0.4 is 5.32 Å². The van der Waals surface area contributed by atoms with Gasteiger partial charge in [0.25, 0.3) is 5.91 Å². The maximum absolute atomic E-state index is 12.0. The molecule has 104 valence electrons. The number of hydrogen-bond donors (Lipinski definition) is 2. The van der Waals surface area contributed by atoms with Gasteiger partial charge in [0.15, 0.2) is 0 Å². The molecule has 0 fully saturated rings. The number of nitrogens with one attached hydrogen (secondary N) is 1. The van der Waals surface area contributed by atoms with Gasteiger partial charge in [0.2, 0.25) is 0 Å². The fourth-order valence-electron chi connectivity index (χ4n) is 1.73. The number of benzene rings is 1. The third-order valence-corrected chi connectivity index (χ3v) is 2.99. The van der Waals surface area contributed by atoms with E-state index in [1.165, 1.54) is 0 Å². The van der Waals surface area contributed by atoms with E-state index in [9.17, 15) is 9.59 Å². The zero-order valence-electron chi connectivity index (χ0n) is 11.2. The molecule has 4 nitrogen and oxygen atoms in total. The molecule has 0 radical (unpaired) electrons. The molecule has 2 N–H and O–H groups in total. The minimum Gasteiger partial charge on any atom is -0.480 e. The Kier molecular flexibility index (Phi) is 5.36. The highest BCUT2D eigenvalue weighted by Gasteiger charge is 2.22. The molecule has 0 saturated heterocycles. The molecule has 1 aromatic rings. The van der Waals surface area contributed by atoms with Crippen molar-refractivity contribution < 1.29 is 14.7 Å². The van der Waals surface area contributed by atoms with Gasteiger partial charge >= 0.3 is 5.97 Å². The van der Waals surface area contributed by atoms with Gasteiger partial charge in [0, 0.05) is 0 Å². The van der Waals surface area contributed by atoms with Crippen LogP contribution >= 0.6 is 11.6 Å². The van der Waals surface area contributed by atoms with Gasteiger partial charge in [-0.2, -0.15) is 0 Å². The van der Waals surface area contributed by atoms with Crippen LogP contribution in [0.1, 0.15) is 36.2 Å². The summed E-state index contributed by atoms with van der Waals surface area (Å²) in [5, 5.41) is 11.9. The maximum Gasteiger partial charge on any atom is 0.326 e. The summed E-state index contributed by atoms with van der Waals surface area (Å²) in [5.74, 6) is -1.32. The summed E-state index contributed by atoms with van der Waals surface area (Å²) in [6.45, 7) is 5.67. The molecule has 1 unspecified atom stereocenters. The molecule has 5 heteroatoms. The first-order valence-electron chi connectivity index (χ1n) is 6.11. The number of amides is 1. The van der Waals surface area contributed by atoms with Crippen molar-refractivity contribution in [1.82, 2.24) is 5.32 Å². The second-order valence-electron chi connectivity index (χ2n) is 4.98. The van der Waals surface area contributed by atoms with Crippen LogP contribution in [-0.2, 0) is 4.79 Å². The van der Waals surface area contributed by atoms with E-state index in [1.807, 2.05) is 20.8 Å². The Balaban J connectivity index is 2.84. The molecule has 1 rings (SSSR count). The van der Waals surface area contributed by atoms with E-state index in [0.29, 0.717) is 17.0 Å². The van der Waals surface area contributed by atoms with Crippen LogP contribution in [0.3, 0.4) is 0 Å². The van der Waals surface area contributed by atoms with Crippen LogP contribution in [0.25, 0.3) is 0 Å². The van der Waals surface area contributed by atoms with Gasteiger partial charge < -0.3 is 10.4 Å². The lowest BCUT2D eigenvalue weighted by Gasteiger charge is -2.17. The zero-order chi connectivity index (χ0) is 14.6. The second-order valence-corrected chi connectivity index (χ2v) is 5.38. The minimum absolute atomic E-state index is 0.176. The van der Waals surface area contributed by atoms with Crippen LogP contribution in [-0.4, -0.2) is 23.0 Å². The Morgan fingerprint density at radius 1 is 1.37 bits per heavy atom. The molecule has 0 aromatic heterocycles. The molecule has 0 heterocycles. The number of hydrogen-bond acceptors (Lipinski definition) is 2. The van der Waals surface area contributed by atoms with E-state index in [1.54, 1.807) is 18.2 Å². The van der Waals surface area contributed by atoms with E-state index in [2.05, 4.69) is 5.32 Å².